The number of alkyl carbamates (subject to hydrolysis) is 1. The van der Waals surface area contributed by atoms with E-state index in [2.05, 4.69) is 29.1 Å². The number of halogens is 1. The van der Waals surface area contributed by atoms with Crippen molar-refractivity contribution in [3.05, 3.63) is 72.1 Å². The Morgan fingerprint density at radius 1 is 0.750 bits per heavy atom. The number of nitrogens with one attached hydrogen (secondary N) is 3. The Morgan fingerprint density at radius 2 is 1.27 bits per heavy atom. The molecule has 0 saturated carbocycles. The third kappa shape index (κ3) is 8.13. The maximum Gasteiger partial charge on any atom is 0.409 e. The fraction of sp³-hybridized carbons (Fsp3) is 0.467. The molecule has 14 nitrogen and oxygen atoms in total. The monoisotopic (exact) mass is 822 g/mol. The summed E-state index contributed by atoms with van der Waals surface area (Å²) in [5.41, 5.74) is 5.47. The maximum atomic E-state index is 16.0. The van der Waals surface area contributed by atoms with Gasteiger partial charge in [-0.15, -0.1) is 0 Å². The fourth-order valence-corrected chi connectivity index (χ4v) is 8.94. The van der Waals surface area contributed by atoms with E-state index in [1.165, 1.54) is 25.2 Å². The molecule has 0 bridgehead atoms. The lowest BCUT2D eigenvalue weighted by atomic mass is 9.99. The van der Waals surface area contributed by atoms with Crippen molar-refractivity contribution in [3.63, 3.8) is 0 Å². The van der Waals surface area contributed by atoms with E-state index < -0.39 is 30.1 Å². The Labute approximate surface area is 349 Å². The summed E-state index contributed by atoms with van der Waals surface area (Å²) in [4.78, 5) is 73.9. The van der Waals surface area contributed by atoms with Gasteiger partial charge in [0.15, 0.2) is 0 Å². The molecule has 4 amide bonds. The summed E-state index contributed by atoms with van der Waals surface area (Å²) >= 11 is 0. The zero-order valence-electron chi connectivity index (χ0n) is 35.7. The van der Waals surface area contributed by atoms with Crippen LogP contribution in [-0.2, 0) is 19.1 Å². The van der Waals surface area contributed by atoms with E-state index in [0.29, 0.717) is 65.3 Å². The number of carbonyl (C=O) groups excluding carboxylic acids is 4. The minimum absolute atomic E-state index is 0.141. The highest BCUT2D eigenvalue weighted by molar-refractivity contribution is 5.88. The van der Waals surface area contributed by atoms with E-state index >= 15 is 4.39 Å². The van der Waals surface area contributed by atoms with Crippen molar-refractivity contribution in [2.45, 2.75) is 78.6 Å². The zero-order valence-corrected chi connectivity index (χ0v) is 35.7. The quantitative estimate of drug-likeness (QED) is 0.128. The molecule has 0 radical (unpaired) electrons. The molecule has 3 N–H and O–H groups in total. The number of hydrogen-bond acceptors (Lipinski definition) is 8. The molecule has 2 aliphatic heterocycles. The lowest BCUT2D eigenvalue weighted by Crippen LogP contribution is -2.52. The molecular weight excluding hydrogens is 768 g/mol. The van der Waals surface area contributed by atoms with Crippen LogP contribution >= 0.6 is 0 Å². The van der Waals surface area contributed by atoms with Crippen molar-refractivity contribution in [1.82, 2.24) is 40.0 Å². The van der Waals surface area contributed by atoms with Crippen LogP contribution in [0.3, 0.4) is 0 Å². The average molecular weight is 823 g/mol. The van der Waals surface area contributed by atoms with Crippen LogP contribution in [-0.4, -0.2) is 105 Å². The number of aromatic amines is 2. The van der Waals surface area contributed by atoms with Crippen LogP contribution in [0, 0.1) is 29.5 Å². The highest BCUT2D eigenvalue weighted by Gasteiger charge is 2.43. The molecule has 0 spiro atoms. The zero-order chi connectivity index (χ0) is 43.2. The number of imidazole rings is 2. The van der Waals surface area contributed by atoms with Crippen LogP contribution in [0.1, 0.15) is 78.1 Å². The smallest absolute Gasteiger partial charge is 0.409 e. The van der Waals surface area contributed by atoms with Crippen LogP contribution in [0.4, 0.5) is 14.0 Å². The number of ether oxygens (including phenoxy) is 2. The van der Waals surface area contributed by atoms with E-state index in [1.807, 2.05) is 75.1 Å². The number of aromatic nitrogens is 4. The molecule has 15 heteroatoms. The van der Waals surface area contributed by atoms with Gasteiger partial charge in [-0.25, -0.2) is 23.9 Å². The molecule has 0 unspecified atom stereocenters. The average Bonchev–Trinajstić information content (AvgIpc) is 4.02. The van der Waals surface area contributed by atoms with Crippen molar-refractivity contribution < 1.29 is 33.0 Å². The summed E-state index contributed by atoms with van der Waals surface area (Å²) in [6.45, 7) is 12.8. The predicted octanol–water partition coefficient (Wildman–Crippen LogP) is 7.83. The standard InChI is InChI=1S/C45H55FN8O6/c1-23(2)38(51-44(57)59-8)42(55)53-21-25(5)16-36(53)40-47-32-14-11-28(19-34(32)49-40)27-10-13-30(31(46)18-27)29-12-15-33-35(20-29)50-41(48-33)37-17-26(6)22-54(37)43(56)39(24(3)4)52(7)45(58)60-9/h10-15,18-20,23-26,36-39H,16-17,21-22H2,1-9H3,(H,47,49)(H,48,50)(H,51,57)/t25-,26-,36-,37-,38-,39-/m0/s1. The molecule has 2 aliphatic rings. The van der Waals surface area contributed by atoms with Crippen molar-refractivity contribution >= 4 is 46.1 Å². The second-order valence-electron chi connectivity index (χ2n) is 17.2. The first-order valence-electron chi connectivity index (χ1n) is 20.6. The number of nitrogens with zero attached hydrogens (tertiary/aromatic N) is 5. The first-order valence-corrected chi connectivity index (χ1v) is 20.6. The molecule has 7 rings (SSSR count). The molecule has 0 aliphatic carbocycles. The third-order valence-electron chi connectivity index (χ3n) is 12.0. The summed E-state index contributed by atoms with van der Waals surface area (Å²) in [5.74, 6) is 0.733. The second-order valence-corrected chi connectivity index (χ2v) is 17.2. The van der Waals surface area contributed by atoms with E-state index in [0.717, 1.165) is 16.6 Å². The number of H-pyrrole nitrogens is 2. The first-order chi connectivity index (χ1) is 28.6. The predicted molar refractivity (Wildman–Crippen MR) is 226 cm³/mol. The van der Waals surface area contributed by atoms with Gasteiger partial charge >= 0.3 is 12.2 Å². The molecule has 4 heterocycles. The number of benzene rings is 3. The molecule has 2 fully saturated rings. The van der Waals surface area contributed by atoms with Gasteiger partial charge in [0.1, 0.15) is 29.5 Å². The summed E-state index contributed by atoms with van der Waals surface area (Å²) in [5, 5.41) is 2.70. The number of fused-ring (bicyclic) bond motifs is 2. The van der Waals surface area contributed by atoms with Crippen LogP contribution in [0.25, 0.3) is 44.3 Å². The third-order valence-corrected chi connectivity index (χ3v) is 12.0. The lowest BCUT2D eigenvalue weighted by Gasteiger charge is -2.34. The Kier molecular flexibility index (Phi) is 11.9. The van der Waals surface area contributed by atoms with Crippen molar-refractivity contribution in [2.75, 3.05) is 34.4 Å². The van der Waals surface area contributed by atoms with Crippen LogP contribution in [0.5, 0.6) is 0 Å². The number of hydrogen-bond donors (Lipinski definition) is 3. The van der Waals surface area contributed by atoms with Crippen molar-refractivity contribution in [2.24, 2.45) is 23.7 Å². The Balaban J connectivity index is 1.11. The van der Waals surface area contributed by atoms with Crippen molar-refractivity contribution in [1.29, 1.82) is 0 Å². The van der Waals surface area contributed by atoms with Gasteiger partial charge in [0.05, 0.1) is 48.4 Å². The Morgan fingerprint density at radius 3 is 1.78 bits per heavy atom. The Hall–Kier alpha value is -5.99. The minimum Gasteiger partial charge on any atom is -0.453 e. The fourth-order valence-electron chi connectivity index (χ4n) is 8.94. The Bertz CT molecular complexity index is 2430. The van der Waals surface area contributed by atoms with Gasteiger partial charge < -0.3 is 34.6 Å². The maximum absolute atomic E-state index is 16.0. The largest absolute Gasteiger partial charge is 0.453 e. The van der Waals surface area contributed by atoms with E-state index in [9.17, 15) is 19.2 Å². The van der Waals surface area contributed by atoms with Crippen LogP contribution in [0.2, 0.25) is 0 Å². The number of carbonyl (C=O) groups is 4. The highest BCUT2D eigenvalue weighted by Crippen LogP contribution is 2.39. The molecule has 3 aromatic carbocycles. The van der Waals surface area contributed by atoms with Gasteiger partial charge in [-0.1, -0.05) is 65.8 Å². The van der Waals surface area contributed by atoms with Gasteiger partial charge in [0, 0.05) is 25.7 Å². The molecule has 2 saturated heterocycles. The number of rotatable bonds is 10. The van der Waals surface area contributed by atoms with E-state index in [4.69, 9.17) is 19.4 Å². The summed E-state index contributed by atoms with van der Waals surface area (Å²) in [7, 11) is 4.16. The number of likely N-dealkylation sites (tertiary alicyclic amines) is 2. The van der Waals surface area contributed by atoms with Crippen LogP contribution < -0.4 is 5.32 Å². The van der Waals surface area contributed by atoms with Gasteiger partial charge in [0.25, 0.3) is 0 Å². The minimum atomic E-state index is -0.742. The number of amides is 4. The SMILES string of the molecule is COC(=O)N[C@H](C(=O)N1C[C@@H](C)C[C@H]1c1nc2cc(-c3ccc(-c4ccc5[nH]c([C@@H]6C[C@H](C)CN6C(=O)[C@H](C(C)C)N(C)C(=O)OC)nc5c4)c(F)c3)ccc2[nH]1)C(C)C. The number of likely N-dealkylation sites (N-methyl/N-ethyl adjacent to an activating group) is 1. The topological polar surface area (TPSA) is 166 Å². The van der Waals surface area contributed by atoms with Gasteiger partial charge in [0.2, 0.25) is 11.8 Å². The summed E-state index contributed by atoms with van der Waals surface area (Å²) < 4.78 is 25.7. The molecule has 318 valence electrons. The van der Waals surface area contributed by atoms with Gasteiger partial charge in [-0.05, 0) is 83.5 Å². The first kappa shape index (κ1) is 42.1. The van der Waals surface area contributed by atoms with E-state index in [1.54, 1.807) is 18.0 Å². The summed E-state index contributed by atoms with van der Waals surface area (Å²) in [6.07, 6.45) is 0.201. The van der Waals surface area contributed by atoms with Gasteiger partial charge in [-0.2, -0.15) is 0 Å². The second kappa shape index (κ2) is 16.9. The molecule has 60 heavy (non-hydrogen) atoms. The molecule has 2 aromatic heterocycles. The summed E-state index contributed by atoms with van der Waals surface area (Å²) in [6, 6.07) is 14.4. The number of methoxy groups -OCH3 is 2. The molecule has 6 atom stereocenters. The van der Waals surface area contributed by atoms with Gasteiger partial charge in [-0.3, -0.25) is 14.5 Å². The highest BCUT2D eigenvalue weighted by atomic mass is 19.1. The van der Waals surface area contributed by atoms with Crippen LogP contribution in [0.15, 0.2) is 54.6 Å². The normalized spacial score (nSPS) is 20.3. The lowest BCUT2D eigenvalue weighted by molar-refractivity contribution is -0.139. The molecular formula is C45H55FN8O6. The van der Waals surface area contributed by atoms with E-state index in [-0.39, 0.29) is 47.6 Å². The van der Waals surface area contributed by atoms with Crippen molar-refractivity contribution in [3.8, 4) is 22.3 Å². The molecule has 5 aromatic rings.